The van der Waals surface area contributed by atoms with E-state index in [0.29, 0.717) is 23.9 Å². The van der Waals surface area contributed by atoms with Crippen LogP contribution in [0.3, 0.4) is 0 Å². The summed E-state index contributed by atoms with van der Waals surface area (Å²) in [6, 6.07) is 17.5. The highest BCUT2D eigenvalue weighted by molar-refractivity contribution is 7.98. The molecule has 0 atom stereocenters. The molecule has 0 N–H and O–H groups in total. The molecule has 1 amide bonds. The van der Waals surface area contributed by atoms with Crippen molar-refractivity contribution in [2.75, 3.05) is 18.3 Å². The monoisotopic (exact) mass is 424 g/mol. The molecule has 4 rings (SSSR count). The number of hydrogen-bond donors (Lipinski definition) is 0. The lowest BCUT2D eigenvalue weighted by molar-refractivity contribution is -0.118. The number of thiazole rings is 1. The quantitative estimate of drug-likeness (QED) is 0.372. The van der Waals surface area contributed by atoms with E-state index in [-0.39, 0.29) is 5.91 Å². The zero-order valence-electron chi connectivity index (χ0n) is 16.1. The van der Waals surface area contributed by atoms with Crippen LogP contribution < -0.4 is 9.64 Å². The Morgan fingerprint density at radius 3 is 2.72 bits per heavy atom. The van der Waals surface area contributed by atoms with Gasteiger partial charge in [-0.1, -0.05) is 23.5 Å². The van der Waals surface area contributed by atoms with E-state index in [1.54, 1.807) is 30.0 Å². The van der Waals surface area contributed by atoms with Crippen molar-refractivity contribution < 1.29 is 13.9 Å². The van der Waals surface area contributed by atoms with Crippen LogP contribution in [0.2, 0.25) is 0 Å². The van der Waals surface area contributed by atoms with Crippen molar-refractivity contribution in [1.29, 1.82) is 0 Å². The number of aromatic nitrogens is 1. The van der Waals surface area contributed by atoms with Gasteiger partial charge in [0.1, 0.15) is 11.5 Å². The van der Waals surface area contributed by atoms with E-state index in [4.69, 9.17) is 9.15 Å². The molecule has 0 bridgehead atoms. The van der Waals surface area contributed by atoms with Crippen LogP contribution in [0.25, 0.3) is 10.2 Å². The van der Waals surface area contributed by atoms with Gasteiger partial charge in [-0.3, -0.25) is 9.69 Å². The van der Waals surface area contributed by atoms with Crippen molar-refractivity contribution >= 4 is 44.4 Å². The topological polar surface area (TPSA) is 55.6 Å². The number of carbonyl (C=O) groups is 1. The molecule has 7 heteroatoms. The predicted molar refractivity (Wildman–Crippen MR) is 118 cm³/mol. The first-order chi connectivity index (χ1) is 14.2. The molecule has 0 spiro atoms. The van der Waals surface area contributed by atoms with Crippen LogP contribution in [-0.4, -0.2) is 24.3 Å². The zero-order valence-corrected chi connectivity index (χ0v) is 17.8. The fraction of sp³-hybridized carbons (Fsp3) is 0.182. The number of methoxy groups -OCH3 is 1. The summed E-state index contributed by atoms with van der Waals surface area (Å²) in [6.45, 7) is 0.339. The Kier molecular flexibility index (Phi) is 5.87. The summed E-state index contributed by atoms with van der Waals surface area (Å²) in [4.78, 5) is 20.8. The lowest BCUT2D eigenvalue weighted by Gasteiger charge is -2.19. The summed E-state index contributed by atoms with van der Waals surface area (Å²) in [5, 5.41) is 0.649. The summed E-state index contributed by atoms with van der Waals surface area (Å²) < 4.78 is 11.8. The average Bonchev–Trinajstić information content (AvgIpc) is 3.41. The van der Waals surface area contributed by atoms with Gasteiger partial charge >= 0.3 is 0 Å². The second-order valence-electron chi connectivity index (χ2n) is 6.41. The zero-order chi connectivity index (χ0) is 20.2. The first-order valence-corrected chi connectivity index (χ1v) is 11.1. The number of thioether (sulfide) groups is 1. The molecule has 5 nitrogen and oxygen atoms in total. The van der Waals surface area contributed by atoms with Crippen molar-refractivity contribution in [3.05, 3.63) is 72.2 Å². The third kappa shape index (κ3) is 4.46. The Bertz CT molecular complexity index is 1110. The normalized spacial score (nSPS) is 11.0. The average molecular weight is 425 g/mol. The Morgan fingerprint density at radius 1 is 1.21 bits per heavy atom. The fourth-order valence-electron chi connectivity index (χ4n) is 2.97. The predicted octanol–water partition coefficient (Wildman–Crippen LogP) is 5.40. The maximum absolute atomic E-state index is 13.2. The molecular formula is C22H20N2O3S2. The number of rotatable bonds is 7. The van der Waals surface area contributed by atoms with E-state index in [1.807, 2.05) is 60.9 Å². The van der Waals surface area contributed by atoms with E-state index in [1.165, 1.54) is 16.2 Å². The molecule has 0 unspecified atom stereocenters. The van der Waals surface area contributed by atoms with E-state index in [2.05, 4.69) is 4.98 Å². The Labute approximate surface area is 177 Å². The van der Waals surface area contributed by atoms with Crippen LogP contribution >= 0.6 is 23.1 Å². The van der Waals surface area contributed by atoms with Crippen LogP contribution in [0, 0.1) is 0 Å². The molecule has 29 heavy (non-hydrogen) atoms. The Balaban J connectivity index is 1.64. The standard InChI is InChI=1S/C22H20N2O3S2/c1-26-16-7-10-19-20(13-16)29-22(23-19)24(14-17-4-3-11-27-17)21(25)12-15-5-8-18(28-2)9-6-15/h3-11,13H,12,14H2,1-2H3. The van der Waals surface area contributed by atoms with E-state index in [9.17, 15) is 4.79 Å². The SMILES string of the molecule is COc1ccc2nc(N(Cc3ccco3)C(=O)Cc3ccc(SC)cc3)sc2c1. The minimum absolute atomic E-state index is 0.0238. The molecule has 0 aliphatic heterocycles. The van der Waals surface area contributed by atoms with Gasteiger partial charge in [0.2, 0.25) is 5.91 Å². The fourth-order valence-corrected chi connectivity index (χ4v) is 4.39. The van der Waals surface area contributed by atoms with Crippen LogP contribution in [0.15, 0.2) is 70.2 Å². The molecule has 0 radical (unpaired) electrons. The Morgan fingerprint density at radius 2 is 2.03 bits per heavy atom. The highest BCUT2D eigenvalue weighted by Crippen LogP contribution is 2.32. The molecule has 2 aromatic carbocycles. The molecule has 0 fully saturated rings. The molecule has 0 saturated heterocycles. The first kappa shape index (κ1) is 19.5. The minimum atomic E-state index is -0.0238. The highest BCUT2D eigenvalue weighted by Gasteiger charge is 2.22. The van der Waals surface area contributed by atoms with E-state index in [0.717, 1.165) is 21.5 Å². The number of furan rings is 1. The minimum Gasteiger partial charge on any atom is -0.497 e. The van der Waals surface area contributed by atoms with E-state index < -0.39 is 0 Å². The number of hydrogen-bond acceptors (Lipinski definition) is 6. The van der Waals surface area contributed by atoms with Crippen molar-refractivity contribution in [3.8, 4) is 5.75 Å². The second-order valence-corrected chi connectivity index (χ2v) is 8.30. The summed E-state index contributed by atoms with van der Waals surface area (Å²) >= 11 is 3.15. The smallest absolute Gasteiger partial charge is 0.233 e. The van der Waals surface area contributed by atoms with Gasteiger partial charge in [-0.2, -0.15) is 0 Å². The molecule has 2 aromatic heterocycles. The van der Waals surface area contributed by atoms with Crippen molar-refractivity contribution in [1.82, 2.24) is 4.98 Å². The second kappa shape index (κ2) is 8.71. The molecule has 4 aromatic rings. The van der Waals surface area contributed by atoms with Crippen LogP contribution in [0.1, 0.15) is 11.3 Å². The van der Waals surface area contributed by atoms with Gasteiger partial charge in [0.25, 0.3) is 0 Å². The summed E-state index contributed by atoms with van der Waals surface area (Å²) in [5.41, 5.74) is 1.81. The molecule has 0 aliphatic rings. The van der Waals surface area contributed by atoms with Gasteiger partial charge < -0.3 is 9.15 Å². The highest BCUT2D eigenvalue weighted by atomic mass is 32.2. The largest absolute Gasteiger partial charge is 0.497 e. The van der Waals surface area contributed by atoms with Crippen molar-refractivity contribution in [2.24, 2.45) is 0 Å². The third-order valence-corrected chi connectivity index (χ3v) is 6.31. The maximum atomic E-state index is 13.2. The molecule has 2 heterocycles. The molecule has 0 aliphatic carbocycles. The number of nitrogens with zero attached hydrogens (tertiary/aromatic N) is 2. The number of anilines is 1. The summed E-state index contributed by atoms with van der Waals surface area (Å²) in [6.07, 6.45) is 3.95. The lowest BCUT2D eigenvalue weighted by Crippen LogP contribution is -2.31. The van der Waals surface area contributed by atoms with E-state index >= 15 is 0 Å². The molecular weight excluding hydrogens is 404 g/mol. The molecule has 148 valence electrons. The van der Waals surface area contributed by atoms with Crippen LogP contribution in [0.4, 0.5) is 5.13 Å². The van der Waals surface area contributed by atoms with Gasteiger partial charge in [0.15, 0.2) is 5.13 Å². The summed E-state index contributed by atoms with van der Waals surface area (Å²) in [7, 11) is 1.64. The van der Waals surface area contributed by atoms with Crippen molar-refractivity contribution in [3.63, 3.8) is 0 Å². The number of fused-ring (bicyclic) bond motifs is 1. The van der Waals surface area contributed by atoms with Gasteiger partial charge in [-0.25, -0.2) is 4.98 Å². The number of ether oxygens (including phenoxy) is 1. The molecule has 0 saturated carbocycles. The summed E-state index contributed by atoms with van der Waals surface area (Å²) in [5.74, 6) is 1.46. The van der Waals surface area contributed by atoms with Crippen LogP contribution in [0.5, 0.6) is 5.75 Å². The van der Waals surface area contributed by atoms with Gasteiger partial charge in [0, 0.05) is 4.90 Å². The lowest BCUT2D eigenvalue weighted by atomic mass is 10.1. The van der Waals surface area contributed by atoms with Crippen LogP contribution in [-0.2, 0) is 17.8 Å². The van der Waals surface area contributed by atoms with Crippen molar-refractivity contribution in [2.45, 2.75) is 17.9 Å². The van der Waals surface area contributed by atoms with Gasteiger partial charge in [-0.15, -0.1) is 11.8 Å². The number of benzene rings is 2. The number of amides is 1. The first-order valence-electron chi connectivity index (χ1n) is 9.06. The van der Waals surface area contributed by atoms with Gasteiger partial charge in [-0.05, 0) is 54.3 Å². The maximum Gasteiger partial charge on any atom is 0.233 e. The third-order valence-electron chi connectivity index (χ3n) is 4.52. The Hall–Kier alpha value is -2.77. The van der Waals surface area contributed by atoms with Gasteiger partial charge in [0.05, 0.1) is 36.6 Å². The number of carbonyl (C=O) groups excluding carboxylic acids is 1.